The molecule has 1 N–H and O–H groups in total. The van der Waals surface area contributed by atoms with Crippen molar-refractivity contribution in [1.29, 1.82) is 0 Å². The van der Waals surface area contributed by atoms with Crippen LogP contribution in [0.4, 0.5) is 0 Å². The fraction of sp³-hybridized carbons (Fsp3) is 1.00. The Balaban J connectivity index is 0. The summed E-state index contributed by atoms with van der Waals surface area (Å²) in [6, 6.07) is 0. The third-order valence-corrected chi connectivity index (χ3v) is 4.72. The number of aliphatic hydroxyl groups is 1. The van der Waals surface area contributed by atoms with E-state index in [1.807, 2.05) is 0 Å². The van der Waals surface area contributed by atoms with Gasteiger partial charge in [-0.25, -0.2) is 8.42 Å². The first-order valence-electron chi connectivity index (χ1n) is 7.50. The van der Waals surface area contributed by atoms with Crippen LogP contribution in [0.25, 0.3) is 0 Å². The molecule has 0 aliphatic heterocycles. The zero-order valence-corrected chi connectivity index (χ0v) is 16.1. The maximum Gasteiger partial charge on any atom is 1.00 e. The third kappa shape index (κ3) is 13.8. The van der Waals surface area contributed by atoms with Gasteiger partial charge in [0.1, 0.15) is 0 Å². The van der Waals surface area contributed by atoms with E-state index in [2.05, 4.69) is 6.92 Å². The van der Waals surface area contributed by atoms with Crippen molar-refractivity contribution in [3.63, 3.8) is 0 Å². The molecule has 0 aromatic heterocycles. The minimum atomic E-state index is -4.19. The van der Waals surface area contributed by atoms with Gasteiger partial charge >= 0.3 is 29.6 Å². The summed E-state index contributed by atoms with van der Waals surface area (Å²) in [7, 11) is -4.19. The van der Waals surface area contributed by atoms with Crippen molar-refractivity contribution >= 4 is 10.1 Å². The van der Waals surface area contributed by atoms with Gasteiger partial charge in [-0.05, 0) is 32.6 Å². The predicted octanol–water partition coefficient (Wildman–Crippen LogP) is 0.206. The van der Waals surface area contributed by atoms with Gasteiger partial charge in [0.2, 0.25) is 0 Å². The van der Waals surface area contributed by atoms with Crippen molar-refractivity contribution in [3.8, 4) is 0 Å². The minimum Gasteiger partial charge on any atom is -0.748 e. The summed E-state index contributed by atoms with van der Waals surface area (Å²) in [5, 5.41) is 8.37. The maximum atomic E-state index is 11.2. The molecule has 0 heterocycles. The van der Waals surface area contributed by atoms with Gasteiger partial charge in [-0.1, -0.05) is 45.4 Å². The molecule has 0 radical (unpaired) electrons. The van der Waals surface area contributed by atoms with E-state index in [0.29, 0.717) is 25.7 Å². The third-order valence-electron chi connectivity index (χ3n) is 3.44. The molecule has 0 rings (SSSR count). The number of aliphatic hydroxyl groups excluding tert-OH is 1. The van der Waals surface area contributed by atoms with Crippen LogP contribution in [-0.4, -0.2) is 29.4 Å². The standard InChI is InChI=1S/C14H30O4S.Na/c1-3-4-5-6-7-8-11-14(19(16,17)18)12-9-10-13(2)15;/h13-15H,3-12H2,1-2H3,(H,16,17,18);/q;+1/p-1. The first kappa shape index (κ1) is 23.1. The Morgan fingerprint density at radius 2 is 1.45 bits per heavy atom. The fourth-order valence-corrected chi connectivity index (χ4v) is 3.14. The summed E-state index contributed by atoms with van der Waals surface area (Å²) in [5.41, 5.74) is 0. The number of rotatable bonds is 12. The molecule has 0 aliphatic carbocycles. The molecule has 4 nitrogen and oxygen atoms in total. The zero-order valence-electron chi connectivity index (χ0n) is 13.3. The SMILES string of the molecule is CCCCCCCCC(CCCC(C)O)S(=O)(=O)[O-].[Na+]. The maximum absolute atomic E-state index is 11.2. The van der Waals surface area contributed by atoms with Crippen molar-refractivity contribution in [1.82, 2.24) is 0 Å². The van der Waals surface area contributed by atoms with Crippen LogP contribution in [0.2, 0.25) is 0 Å². The van der Waals surface area contributed by atoms with Crippen LogP contribution in [0.1, 0.15) is 78.1 Å². The Bertz CT molecular complexity index is 304. The van der Waals surface area contributed by atoms with Crippen molar-refractivity contribution in [2.75, 3.05) is 0 Å². The van der Waals surface area contributed by atoms with Gasteiger partial charge in [0.05, 0.1) is 16.2 Å². The van der Waals surface area contributed by atoms with Gasteiger partial charge in [-0.3, -0.25) is 0 Å². The summed E-state index contributed by atoms with van der Waals surface area (Å²) >= 11 is 0. The fourth-order valence-electron chi connectivity index (χ4n) is 2.23. The van der Waals surface area contributed by atoms with Gasteiger partial charge < -0.3 is 9.66 Å². The largest absolute Gasteiger partial charge is 1.00 e. The molecule has 0 spiro atoms. The van der Waals surface area contributed by atoms with Crippen LogP contribution >= 0.6 is 0 Å². The zero-order chi connectivity index (χ0) is 14.7. The molecule has 0 saturated carbocycles. The van der Waals surface area contributed by atoms with Crippen LogP contribution in [0.15, 0.2) is 0 Å². The monoisotopic (exact) mass is 316 g/mol. The Labute approximate surface area is 146 Å². The molecular weight excluding hydrogens is 287 g/mol. The molecule has 2 unspecified atom stereocenters. The Morgan fingerprint density at radius 3 is 1.95 bits per heavy atom. The molecule has 0 amide bonds. The molecule has 2 atom stereocenters. The minimum absolute atomic E-state index is 0. The van der Waals surface area contributed by atoms with Gasteiger partial charge in [-0.15, -0.1) is 0 Å². The molecule has 0 aliphatic rings. The predicted molar refractivity (Wildman–Crippen MR) is 77.0 cm³/mol. The second kappa shape index (κ2) is 13.5. The summed E-state index contributed by atoms with van der Waals surface area (Å²) in [4.78, 5) is 0. The Hall–Kier alpha value is 0.870. The molecule has 0 saturated heterocycles. The van der Waals surface area contributed by atoms with E-state index in [1.165, 1.54) is 19.3 Å². The number of unbranched alkanes of at least 4 members (excludes halogenated alkanes) is 5. The first-order valence-corrected chi connectivity index (χ1v) is 8.97. The van der Waals surface area contributed by atoms with E-state index in [4.69, 9.17) is 5.11 Å². The van der Waals surface area contributed by atoms with Gasteiger partial charge in [0.15, 0.2) is 0 Å². The van der Waals surface area contributed by atoms with E-state index in [1.54, 1.807) is 6.92 Å². The van der Waals surface area contributed by atoms with E-state index in [0.717, 1.165) is 19.3 Å². The molecule has 116 valence electrons. The molecule has 0 fully saturated rings. The van der Waals surface area contributed by atoms with Crippen LogP contribution in [0.5, 0.6) is 0 Å². The van der Waals surface area contributed by atoms with Crippen LogP contribution < -0.4 is 29.6 Å². The summed E-state index contributed by atoms with van der Waals surface area (Å²) in [6.45, 7) is 3.83. The molecule has 20 heavy (non-hydrogen) atoms. The molecule has 6 heteroatoms. The van der Waals surface area contributed by atoms with Crippen molar-refractivity contribution in [3.05, 3.63) is 0 Å². The molecule has 0 aromatic rings. The van der Waals surface area contributed by atoms with Crippen LogP contribution in [0.3, 0.4) is 0 Å². The molecule has 0 aromatic carbocycles. The van der Waals surface area contributed by atoms with Gasteiger partial charge in [0, 0.05) is 5.25 Å². The first-order chi connectivity index (χ1) is 8.88. The molecule has 0 bridgehead atoms. The van der Waals surface area contributed by atoms with Crippen molar-refractivity contribution < 1.29 is 47.6 Å². The summed E-state index contributed by atoms with van der Waals surface area (Å²) in [5.74, 6) is 0. The normalized spacial score (nSPS) is 14.6. The quantitative estimate of drug-likeness (QED) is 0.317. The summed E-state index contributed by atoms with van der Waals surface area (Å²) < 4.78 is 33.5. The Morgan fingerprint density at radius 1 is 0.950 bits per heavy atom. The smallest absolute Gasteiger partial charge is 0.748 e. The second-order valence-electron chi connectivity index (χ2n) is 5.45. The number of hydrogen-bond acceptors (Lipinski definition) is 4. The number of hydrogen-bond donors (Lipinski definition) is 1. The van der Waals surface area contributed by atoms with Crippen molar-refractivity contribution in [2.45, 2.75) is 89.4 Å². The topological polar surface area (TPSA) is 77.4 Å². The average Bonchev–Trinajstić information content (AvgIpc) is 2.29. The van der Waals surface area contributed by atoms with E-state index < -0.39 is 21.5 Å². The van der Waals surface area contributed by atoms with Gasteiger partial charge in [0.25, 0.3) is 0 Å². The van der Waals surface area contributed by atoms with Crippen LogP contribution in [0, 0.1) is 0 Å². The van der Waals surface area contributed by atoms with E-state index in [9.17, 15) is 13.0 Å². The second-order valence-corrected chi connectivity index (χ2v) is 7.10. The van der Waals surface area contributed by atoms with E-state index in [-0.39, 0.29) is 29.6 Å². The van der Waals surface area contributed by atoms with Crippen molar-refractivity contribution in [2.24, 2.45) is 0 Å². The molecular formula is C14H29NaO4S. The average molecular weight is 316 g/mol. The van der Waals surface area contributed by atoms with E-state index >= 15 is 0 Å². The summed E-state index contributed by atoms with van der Waals surface area (Å²) in [6.07, 6.45) is 8.11. The van der Waals surface area contributed by atoms with Gasteiger partial charge in [-0.2, -0.15) is 0 Å². The van der Waals surface area contributed by atoms with Crippen LogP contribution in [-0.2, 0) is 10.1 Å². The Kier molecular flexibility index (Phi) is 15.7.